The van der Waals surface area contributed by atoms with E-state index in [0.29, 0.717) is 0 Å². The third-order valence-electron chi connectivity index (χ3n) is 1.51. The van der Waals surface area contributed by atoms with Gasteiger partial charge < -0.3 is 5.32 Å². The van der Waals surface area contributed by atoms with Gasteiger partial charge in [-0.1, -0.05) is 11.6 Å². The van der Waals surface area contributed by atoms with E-state index >= 15 is 0 Å². The van der Waals surface area contributed by atoms with Crippen LogP contribution in [0.5, 0.6) is 0 Å². The molecular weight excluding hydrogens is 162 g/mol. The van der Waals surface area contributed by atoms with Gasteiger partial charge in [-0.2, -0.15) is 5.10 Å². The van der Waals surface area contributed by atoms with E-state index in [4.69, 9.17) is 11.6 Å². The molecule has 0 unspecified atom stereocenters. The minimum Gasteiger partial charge on any atom is -0.344 e. The number of aryl methyl sites for hydroxylation is 1. The Bertz CT molecular complexity index is 232. The van der Waals surface area contributed by atoms with Crippen molar-refractivity contribution in [3.05, 3.63) is 16.9 Å². The predicted octanol–water partition coefficient (Wildman–Crippen LogP) is 0.250. The number of halogens is 1. The van der Waals surface area contributed by atoms with Crippen LogP contribution in [-0.4, -0.2) is 16.8 Å². The van der Waals surface area contributed by atoms with E-state index in [-0.39, 0.29) is 0 Å². The van der Waals surface area contributed by atoms with Gasteiger partial charge in [-0.15, -0.1) is 0 Å². The Labute approximate surface area is 71.4 Å². The average molecular weight is 175 g/mol. The van der Waals surface area contributed by atoms with Crippen LogP contribution in [0.4, 0.5) is 0 Å². The number of hydrogen-bond acceptors (Lipinski definition) is 1. The molecule has 4 heteroatoms. The van der Waals surface area contributed by atoms with Gasteiger partial charge in [0.1, 0.15) is 12.2 Å². The van der Waals surface area contributed by atoms with Crippen molar-refractivity contribution in [2.24, 2.45) is 0 Å². The minimum absolute atomic E-state index is 0.768. The third kappa shape index (κ3) is 1.94. The molecule has 62 valence electrons. The summed E-state index contributed by atoms with van der Waals surface area (Å²) in [4.78, 5) is 0. The highest BCUT2D eigenvalue weighted by atomic mass is 35.5. The first-order valence-corrected chi connectivity index (χ1v) is 4.15. The number of rotatable bonds is 3. The van der Waals surface area contributed by atoms with Crippen molar-refractivity contribution in [1.29, 1.82) is 0 Å². The number of quaternary nitrogens is 1. The summed E-state index contributed by atoms with van der Waals surface area (Å²) in [6, 6.07) is 0. The van der Waals surface area contributed by atoms with E-state index in [2.05, 4.69) is 5.10 Å². The summed E-state index contributed by atoms with van der Waals surface area (Å²) >= 11 is 5.90. The second kappa shape index (κ2) is 3.74. The lowest BCUT2D eigenvalue weighted by atomic mass is 10.4. The van der Waals surface area contributed by atoms with Crippen LogP contribution < -0.4 is 5.32 Å². The standard InChI is InChI=1S/C7H12ClN3/c1-3-11-5-6(8)7(10-11)4-9-2/h5,9H,3-4H2,1-2H3/p+1. The molecule has 0 radical (unpaired) electrons. The highest BCUT2D eigenvalue weighted by Crippen LogP contribution is 2.11. The van der Waals surface area contributed by atoms with E-state index in [1.807, 2.05) is 30.2 Å². The summed E-state index contributed by atoms with van der Waals surface area (Å²) in [5, 5.41) is 7.09. The van der Waals surface area contributed by atoms with Crippen molar-refractivity contribution in [2.45, 2.75) is 20.0 Å². The van der Waals surface area contributed by atoms with Gasteiger partial charge in [-0.05, 0) is 6.92 Å². The molecule has 0 saturated carbocycles. The monoisotopic (exact) mass is 174 g/mol. The second-order valence-corrected chi connectivity index (χ2v) is 2.80. The Kier molecular flexibility index (Phi) is 2.91. The number of aromatic nitrogens is 2. The second-order valence-electron chi connectivity index (χ2n) is 2.39. The molecule has 1 aromatic heterocycles. The first kappa shape index (κ1) is 8.56. The van der Waals surface area contributed by atoms with Crippen molar-refractivity contribution in [2.75, 3.05) is 7.05 Å². The Hall–Kier alpha value is -0.540. The summed E-state index contributed by atoms with van der Waals surface area (Å²) in [5.74, 6) is 0. The largest absolute Gasteiger partial charge is 0.344 e. The maximum Gasteiger partial charge on any atom is 0.135 e. The summed E-state index contributed by atoms with van der Waals surface area (Å²) in [5.41, 5.74) is 0.969. The molecule has 3 nitrogen and oxygen atoms in total. The van der Waals surface area contributed by atoms with Gasteiger partial charge >= 0.3 is 0 Å². The molecule has 0 saturated heterocycles. The van der Waals surface area contributed by atoms with E-state index in [1.54, 1.807) is 0 Å². The number of nitrogens with two attached hydrogens (primary N) is 1. The maximum atomic E-state index is 5.90. The van der Waals surface area contributed by atoms with Crippen LogP contribution in [0.1, 0.15) is 12.6 Å². The topological polar surface area (TPSA) is 34.4 Å². The van der Waals surface area contributed by atoms with Gasteiger partial charge in [0.15, 0.2) is 0 Å². The van der Waals surface area contributed by atoms with Crippen LogP contribution in [0.2, 0.25) is 5.02 Å². The molecule has 0 aliphatic carbocycles. The van der Waals surface area contributed by atoms with Crippen LogP contribution in [0.3, 0.4) is 0 Å². The molecule has 0 aromatic carbocycles. The van der Waals surface area contributed by atoms with Gasteiger partial charge in [0.2, 0.25) is 0 Å². The summed E-state index contributed by atoms with van der Waals surface area (Å²) in [7, 11) is 2.00. The summed E-state index contributed by atoms with van der Waals surface area (Å²) in [6.45, 7) is 3.78. The van der Waals surface area contributed by atoms with Crippen LogP contribution in [0, 0.1) is 0 Å². The molecule has 0 fully saturated rings. The van der Waals surface area contributed by atoms with Crippen molar-refractivity contribution < 1.29 is 5.32 Å². The molecule has 0 aliphatic heterocycles. The van der Waals surface area contributed by atoms with Gasteiger partial charge in [-0.3, -0.25) is 4.68 Å². The number of hydrogen-bond donors (Lipinski definition) is 1. The van der Waals surface area contributed by atoms with E-state index in [9.17, 15) is 0 Å². The van der Waals surface area contributed by atoms with Crippen molar-refractivity contribution in [1.82, 2.24) is 9.78 Å². The van der Waals surface area contributed by atoms with E-state index < -0.39 is 0 Å². The van der Waals surface area contributed by atoms with Crippen LogP contribution in [0.25, 0.3) is 0 Å². The van der Waals surface area contributed by atoms with Gasteiger partial charge in [0.25, 0.3) is 0 Å². The Morgan fingerprint density at radius 1 is 1.73 bits per heavy atom. The lowest BCUT2D eigenvalue weighted by molar-refractivity contribution is -0.643. The summed E-state index contributed by atoms with van der Waals surface area (Å²) < 4.78 is 1.85. The lowest BCUT2D eigenvalue weighted by Crippen LogP contribution is -2.77. The van der Waals surface area contributed by atoms with Gasteiger partial charge in [-0.25, -0.2) is 0 Å². The molecular formula is C7H13ClN3+. The average Bonchev–Trinajstić information content (AvgIpc) is 2.33. The smallest absolute Gasteiger partial charge is 0.135 e. The first-order valence-electron chi connectivity index (χ1n) is 3.77. The SMILES string of the molecule is CCn1cc(Cl)c(C[NH2+]C)n1. The quantitative estimate of drug-likeness (QED) is 0.701. The Morgan fingerprint density at radius 3 is 2.91 bits per heavy atom. The molecule has 0 aliphatic rings. The highest BCUT2D eigenvalue weighted by Gasteiger charge is 2.05. The zero-order chi connectivity index (χ0) is 8.27. The fourth-order valence-electron chi connectivity index (χ4n) is 0.931. The Balaban J connectivity index is 2.79. The van der Waals surface area contributed by atoms with Crippen LogP contribution >= 0.6 is 11.6 Å². The molecule has 0 atom stereocenters. The predicted molar refractivity (Wildman–Crippen MR) is 44.5 cm³/mol. The van der Waals surface area contributed by atoms with Crippen LogP contribution in [-0.2, 0) is 13.1 Å². The zero-order valence-corrected chi connectivity index (χ0v) is 7.60. The molecule has 1 aromatic rings. The van der Waals surface area contributed by atoms with E-state index in [1.165, 1.54) is 0 Å². The fourth-order valence-corrected chi connectivity index (χ4v) is 1.16. The molecule has 0 spiro atoms. The fraction of sp³-hybridized carbons (Fsp3) is 0.571. The Morgan fingerprint density at radius 2 is 2.45 bits per heavy atom. The third-order valence-corrected chi connectivity index (χ3v) is 1.82. The van der Waals surface area contributed by atoms with Gasteiger partial charge in [0.05, 0.1) is 12.1 Å². The molecule has 1 heterocycles. The van der Waals surface area contributed by atoms with Gasteiger partial charge in [0, 0.05) is 12.7 Å². The number of nitrogens with zero attached hydrogens (tertiary/aromatic N) is 2. The van der Waals surface area contributed by atoms with Crippen molar-refractivity contribution >= 4 is 11.6 Å². The van der Waals surface area contributed by atoms with Crippen LogP contribution in [0.15, 0.2) is 6.20 Å². The lowest BCUT2D eigenvalue weighted by Gasteiger charge is -1.91. The molecule has 11 heavy (non-hydrogen) atoms. The normalized spacial score (nSPS) is 10.5. The van der Waals surface area contributed by atoms with Crippen molar-refractivity contribution in [3.8, 4) is 0 Å². The maximum absolute atomic E-state index is 5.90. The summed E-state index contributed by atoms with van der Waals surface area (Å²) in [6.07, 6.45) is 1.86. The molecule has 2 N–H and O–H groups in total. The molecule has 0 amide bonds. The zero-order valence-electron chi connectivity index (χ0n) is 6.84. The minimum atomic E-state index is 0.768. The van der Waals surface area contributed by atoms with Crippen molar-refractivity contribution in [3.63, 3.8) is 0 Å². The first-order chi connectivity index (χ1) is 5.27. The molecule has 1 rings (SSSR count). The highest BCUT2D eigenvalue weighted by molar-refractivity contribution is 6.31. The van der Waals surface area contributed by atoms with E-state index in [0.717, 1.165) is 23.8 Å². The molecule has 0 bridgehead atoms.